The summed E-state index contributed by atoms with van der Waals surface area (Å²) in [4.78, 5) is 10.4. The van der Waals surface area contributed by atoms with E-state index >= 15 is 0 Å². The minimum Gasteiger partial charge on any atom is -0.474 e. The number of ether oxygens (including phenoxy) is 2. The van der Waals surface area contributed by atoms with E-state index in [1.807, 2.05) is 29.2 Å². The van der Waals surface area contributed by atoms with Crippen LogP contribution in [-0.4, -0.2) is 52.4 Å². The Labute approximate surface area is 177 Å². The number of thiocarbonyl (C=S) groups is 1. The molecule has 2 aromatic carbocycles. The number of fused-ring (bicyclic) bond motifs is 1. The minimum atomic E-state index is -0.416. The zero-order valence-electron chi connectivity index (χ0n) is 15.3. The smallest absolute Gasteiger partial charge is 0.224 e. The summed E-state index contributed by atoms with van der Waals surface area (Å²) in [6.45, 7) is 1.90. The van der Waals surface area contributed by atoms with Crippen LogP contribution >= 0.6 is 23.8 Å². The SMILES string of the molecule is Fc1ccc(Cl)cc1NC(=S)N1CCOC(COc2ncnc3ccccc23)C1. The maximum absolute atomic E-state index is 14.0. The van der Waals surface area contributed by atoms with Crippen molar-refractivity contribution in [1.29, 1.82) is 0 Å². The molecule has 0 saturated carbocycles. The van der Waals surface area contributed by atoms with Gasteiger partial charge >= 0.3 is 0 Å². The third-order valence-corrected chi connectivity index (χ3v) is 5.10. The zero-order chi connectivity index (χ0) is 20.2. The lowest BCUT2D eigenvalue weighted by Crippen LogP contribution is -2.49. The number of anilines is 1. The Balaban J connectivity index is 1.38. The molecule has 0 bridgehead atoms. The number of nitrogens with zero attached hydrogens (tertiary/aromatic N) is 3. The first kappa shape index (κ1) is 19.8. The van der Waals surface area contributed by atoms with Gasteiger partial charge in [-0.1, -0.05) is 23.7 Å². The van der Waals surface area contributed by atoms with Crippen LogP contribution in [0.4, 0.5) is 10.1 Å². The number of benzene rings is 2. The van der Waals surface area contributed by atoms with Gasteiger partial charge in [-0.05, 0) is 42.5 Å². The molecular formula is C20H18ClFN4O2S. The van der Waals surface area contributed by atoms with Gasteiger partial charge in [0.1, 0.15) is 24.9 Å². The fraction of sp³-hybridized carbons (Fsp3) is 0.250. The van der Waals surface area contributed by atoms with E-state index in [-0.39, 0.29) is 11.8 Å². The van der Waals surface area contributed by atoms with Crippen LogP contribution in [0, 0.1) is 5.82 Å². The van der Waals surface area contributed by atoms with Gasteiger partial charge in [0.15, 0.2) is 5.11 Å². The third kappa shape index (κ3) is 4.72. The van der Waals surface area contributed by atoms with Crippen LogP contribution in [0.15, 0.2) is 48.8 Å². The van der Waals surface area contributed by atoms with Crippen LogP contribution in [0.2, 0.25) is 5.02 Å². The molecule has 2 heterocycles. The third-order valence-electron chi connectivity index (χ3n) is 4.51. The van der Waals surface area contributed by atoms with Gasteiger partial charge in [0, 0.05) is 18.1 Å². The van der Waals surface area contributed by atoms with Crippen molar-refractivity contribution in [3.05, 3.63) is 59.6 Å². The van der Waals surface area contributed by atoms with Crippen LogP contribution in [-0.2, 0) is 4.74 Å². The number of nitrogens with one attached hydrogen (secondary N) is 1. The predicted molar refractivity (Wildman–Crippen MR) is 114 cm³/mol. The molecule has 1 aliphatic heterocycles. The molecule has 0 radical (unpaired) electrons. The topological polar surface area (TPSA) is 59.5 Å². The molecule has 4 rings (SSSR count). The van der Waals surface area contributed by atoms with Gasteiger partial charge in [-0.2, -0.15) is 0 Å². The molecule has 1 saturated heterocycles. The Kier molecular flexibility index (Phi) is 6.03. The molecule has 0 aliphatic carbocycles. The average molecular weight is 433 g/mol. The van der Waals surface area contributed by atoms with Gasteiger partial charge in [-0.15, -0.1) is 0 Å². The fourth-order valence-corrected chi connectivity index (χ4v) is 3.51. The molecule has 1 N–H and O–H groups in total. The van der Waals surface area contributed by atoms with Crippen LogP contribution in [0.3, 0.4) is 0 Å². The Morgan fingerprint density at radius 1 is 1.31 bits per heavy atom. The summed E-state index contributed by atoms with van der Waals surface area (Å²) in [6.07, 6.45) is 1.27. The van der Waals surface area contributed by atoms with Gasteiger partial charge in [-0.3, -0.25) is 0 Å². The number of halogens is 2. The Morgan fingerprint density at radius 3 is 3.07 bits per heavy atom. The minimum absolute atomic E-state index is 0.207. The molecule has 29 heavy (non-hydrogen) atoms. The first-order valence-corrected chi connectivity index (χ1v) is 9.84. The zero-order valence-corrected chi connectivity index (χ0v) is 16.9. The van der Waals surface area contributed by atoms with Crippen molar-refractivity contribution in [2.24, 2.45) is 0 Å². The van der Waals surface area contributed by atoms with E-state index in [1.165, 1.54) is 24.5 Å². The Morgan fingerprint density at radius 2 is 2.17 bits per heavy atom. The van der Waals surface area contributed by atoms with Gasteiger partial charge in [0.2, 0.25) is 5.88 Å². The second-order valence-corrected chi connectivity index (χ2v) is 7.32. The highest BCUT2D eigenvalue weighted by Crippen LogP contribution is 2.22. The predicted octanol–water partition coefficient (Wildman–Crippen LogP) is 3.90. The monoisotopic (exact) mass is 432 g/mol. The first-order chi connectivity index (χ1) is 14.1. The van der Waals surface area contributed by atoms with E-state index in [1.54, 1.807) is 0 Å². The maximum Gasteiger partial charge on any atom is 0.224 e. The molecule has 9 heteroatoms. The molecular weight excluding hydrogens is 415 g/mol. The normalized spacial score (nSPS) is 16.6. The van der Waals surface area contributed by atoms with Crippen molar-refractivity contribution < 1.29 is 13.9 Å². The molecule has 1 unspecified atom stereocenters. The lowest BCUT2D eigenvalue weighted by Gasteiger charge is -2.34. The summed E-state index contributed by atoms with van der Waals surface area (Å²) in [5.74, 6) is 0.0959. The quantitative estimate of drug-likeness (QED) is 0.627. The van der Waals surface area contributed by atoms with E-state index < -0.39 is 5.82 Å². The van der Waals surface area contributed by atoms with E-state index in [9.17, 15) is 4.39 Å². The van der Waals surface area contributed by atoms with E-state index in [0.717, 1.165) is 10.9 Å². The van der Waals surface area contributed by atoms with Crippen molar-refractivity contribution in [3.63, 3.8) is 0 Å². The van der Waals surface area contributed by atoms with Crippen LogP contribution in [0.1, 0.15) is 0 Å². The summed E-state index contributed by atoms with van der Waals surface area (Å²) in [5.41, 5.74) is 1.06. The van der Waals surface area contributed by atoms with Gasteiger partial charge in [0.25, 0.3) is 0 Å². The number of rotatable bonds is 4. The molecule has 150 valence electrons. The van der Waals surface area contributed by atoms with Crippen molar-refractivity contribution in [1.82, 2.24) is 14.9 Å². The number of hydrogen-bond acceptors (Lipinski definition) is 5. The summed E-state index contributed by atoms with van der Waals surface area (Å²) in [6, 6.07) is 11.9. The molecule has 1 fully saturated rings. The summed E-state index contributed by atoms with van der Waals surface area (Å²) >= 11 is 11.4. The largest absolute Gasteiger partial charge is 0.474 e. The van der Waals surface area contributed by atoms with Crippen LogP contribution in [0.25, 0.3) is 10.9 Å². The highest BCUT2D eigenvalue weighted by Gasteiger charge is 2.24. The first-order valence-electron chi connectivity index (χ1n) is 9.05. The van der Waals surface area contributed by atoms with Gasteiger partial charge in [-0.25, -0.2) is 14.4 Å². The second kappa shape index (κ2) is 8.86. The van der Waals surface area contributed by atoms with Crippen LogP contribution < -0.4 is 10.1 Å². The fourth-order valence-electron chi connectivity index (χ4n) is 3.06. The molecule has 1 aliphatic rings. The summed E-state index contributed by atoms with van der Waals surface area (Å²) in [7, 11) is 0. The van der Waals surface area contributed by atoms with Crippen molar-refractivity contribution in [2.45, 2.75) is 6.10 Å². The lowest BCUT2D eigenvalue weighted by atomic mass is 10.2. The average Bonchev–Trinajstić information content (AvgIpc) is 2.75. The van der Waals surface area contributed by atoms with Gasteiger partial charge in [0.05, 0.1) is 23.2 Å². The molecule has 1 aromatic heterocycles. The van der Waals surface area contributed by atoms with E-state index in [4.69, 9.17) is 33.3 Å². The summed E-state index contributed by atoms with van der Waals surface area (Å²) < 4.78 is 25.6. The standard InChI is InChI=1S/C20H18ClFN4O2S/c21-13-5-6-16(22)18(9-13)25-20(29)26-7-8-27-14(10-26)11-28-19-15-3-1-2-4-17(15)23-12-24-19/h1-6,9,12,14H,7-8,10-11H2,(H,25,29). The van der Waals surface area contributed by atoms with Crippen LogP contribution in [0.5, 0.6) is 5.88 Å². The van der Waals surface area contributed by atoms with Crippen molar-refractivity contribution in [3.8, 4) is 5.88 Å². The Bertz CT molecular complexity index is 1030. The second-order valence-electron chi connectivity index (χ2n) is 6.50. The number of morpholine rings is 1. The van der Waals surface area contributed by atoms with E-state index in [2.05, 4.69) is 15.3 Å². The number of para-hydroxylation sites is 1. The van der Waals surface area contributed by atoms with E-state index in [0.29, 0.717) is 42.3 Å². The highest BCUT2D eigenvalue weighted by molar-refractivity contribution is 7.80. The van der Waals surface area contributed by atoms with Gasteiger partial charge < -0.3 is 19.7 Å². The molecule has 3 aromatic rings. The lowest BCUT2D eigenvalue weighted by molar-refractivity contribution is -0.0285. The summed E-state index contributed by atoms with van der Waals surface area (Å²) in [5, 5.41) is 4.61. The number of aromatic nitrogens is 2. The molecule has 6 nitrogen and oxygen atoms in total. The maximum atomic E-state index is 14.0. The number of hydrogen-bond donors (Lipinski definition) is 1. The highest BCUT2D eigenvalue weighted by atomic mass is 35.5. The molecule has 0 amide bonds. The molecule has 1 atom stereocenters. The Hall–Kier alpha value is -2.55. The molecule has 0 spiro atoms. The van der Waals surface area contributed by atoms with Crippen molar-refractivity contribution in [2.75, 3.05) is 31.6 Å². The van der Waals surface area contributed by atoms with Crippen molar-refractivity contribution >= 4 is 45.5 Å².